The lowest BCUT2D eigenvalue weighted by Gasteiger charge is -2.09. The van der Waals surface area contributed by atoms with E-state index in [1.54, 1.807) is 0 Å². The van der Waals surface area contributed by atoms with Crippen LogP contribution in [0.1, 0.15) is 30.4 Å². The first-order valence-electron chi connectivity index (χ1n) is 5.86. The van der Waals surface area contributed by atoms with Crippen LogP contribution in [0.4, 0.5) is 5.69 Å². The number of aliphatic hydroxyl groups excluding tert-OH is 1. The minimum Gasteiger partial charge on any atom is -0.396 e. The quantitative estimate of drug-likeness (QED) is 0.794. The topological polar surface area (TPSA) is 32.3 Å². The van der Waals surface area contributed by atoms with Crippen LogP contribution in [0.15, 0.2) is 18.2 Å². The molecule has 0 unspecified atom stereocenters. The van der Waals surface area contributed by atoms with E-state index < -0.39 is 0 Å². The second-order valence-electron chi connectivity index (χ2n) is 4.20. The summed E-state index contributed by atoms with van der Waals surface area (Å²) in [5.74, 6) is 0. The summed E-state index contributed by atoms with van der Waals surface area (Å²) in [5, 5.41) is 12.3. The predicted octanol–water partition coefficient (Wildman–Crippen LogP) is 2.36. The van der Waals surface area contributed by atoms with Crippen molar-refractivity contribution in [2.45, 2.75) is 32.1 Å². The van der Waals surface area contributed by atoms with Gasteiger partial charge in [0.15, 0.2) is 0 Å². The number of hydrogen-bond acceptors (Lipinski definition) is 2. The second-order valence-corrected chi connectivity index (χ2v) is 4.20. The number of aliphatic hydroxyl groups is 1. The van der Waals surface area contributed by atoms with Crippen LogP contribution in [0.25, 0.3) is 0 Å². The first kappa shape index (κ1) is 10.5. The van der Waals surface area contributed by atoms with Gasteiger partial charge in [0.1, 0.15) is 0 Å². The molecule has 2 heteroatoms. The molecule has 0 bridgehead atoms. The van der Waals surface area contributed by atoms with Gasteiger partial charge in [0, 0.05) is 18.8 Å². The highest BCUT2D eigenvalue weighted by Crippen LogP contribution is 2.23. The summed E-state index contributed by atoms with van der Waals surface area (Å²) in [4.78, 5) is 0. The van der Waals surface area contributed by atoms with Gasteiger partial charge in [-0.2, -0.15) is 0 Å². The standard InChI is InChI=1S/C13H19NO/c15-9-3-4-11-6-7-12-5-1-2-8-14-13(12)10-11/h6-7,10,14-15H,1-5,8-9H2. The zero-order valence-electron chi connectivity index (χ0n) is 9.13. The molecule has 1 aromatic rings. The Bertz CT molecular complexity index is 322. The molecule has 1 aliphatic rings. The molecule has 2 nitrogen and oxygen atoms in total. The van der Waals surface area contributed by atoms with Crippen molar-refractivity contribution >= 4 is 5.69 Å². The van der Waals surface area contributed by atoms with Crippen LogP contribution in [0.5, 0.6) is 0 Å². The molecule has 0 saturated heterocycles. The van der Waals surface area contributed by atoms with Crippen LogP contribution in [0.3, 0.4) is 0 Å². The molecule has 0 amide bonds. The van der Waals surface area contributed by atoms with Crippen molar-refractivity contribution in [1.82, 2.24) is 0 Å². The summed E-state index contributed by atoms with van der Waals surface area (Å²) in [6, 6.07) is 6.68. The molecule has 82 valence electrons. The Balaban J connectivity index is 2.13. The van der Waals surface area contributed by atoms with Crippen LogP contribution >= 0.6 is 0 Å². The number of nitrogens with one attached hydrogen (secondary N) is 1. The van der Waals surface area contributed by atoms with Gasteiger partial charge in [-0.25, -0.2) is 0 Å². The molecule has 0 spiro atoms. The fourth-order valence-corrected chi connectivity index (χ4v) is 2.11. The van der Waals surface area contributed by atoms with Crippen LogP contribution in [-0.4, -0.2) is 18.3 Å². The maximum atomic E-state index is 8.80. The maximum absolute atomic E-state index is 8.80. The van der Waals surface area contributed by atoms with E-state index in [-0.39, 0.29) is 6.61 Å². The van der Waals surface area contributed by atoms with E-state index in [0.29, 0.717) is 0 Å². The van der Waals surface area contributed by atoms with E-state index in [0.717, 1.165) is 19.4 Å². The van der Waals surface area contributed by atoms with Crippen molar-refractivity contribution in [3.63, 3.8) is 0 Å². The molecule has 0 radical (unpaired) electrons. The van der Waals surface area contributed by atoms with E-state index in [2.05, 4.69) is 23.5 Å². The highest BCUT2D eigenvalue weighted by molar-refractivity contribution is 5.54. The number of benzene rings is 1. The summed E-state index contributed by atoms with van der Waals surface area (Å²) in [5.41, 5.74) is 4.08. The molecule has 2 rings (SSSR count). The summed E-state index contributed by atoms with van der Waals surface area (Å²) >= 11 is 0. The van der Waals surface area contributed by atoms with Gasteiger partial charge in [-0.05, 0) is 49.3 Å². The summed E-state index contributed by atoms with van der Waals surface area (Å²) in [6.45, 7) is 1.38. The third kappa shape index (κ3) is 2.72. The third-order valence-corrected chi connectivity index (χ3v) is 2.99. The fraction of sp³-hybridized carbons (Fsp3) is 0.538. The fourth-order valence-electron chi connectivity index (χ4n) is 2.11. The van der Waals surface area contributed by atoms with Gasteiger partial charge in [-0.3, -0.25) is 0 Å². The molecule has 1 aromatic carbocycles. The second kappa shape index (κ2) is 5.17. The molecule has 1 aliphatic heterocycles. The molecule has 0 aromatic heterocycles. The van der Waals surface area contributed by atoms with Crippen molar-refractivity contribution < 1.29 is 5.11 Å². The van der Waals surface area contributed by atoms with Gasteiger partial charge < -0.3 is 10.4 Å². The van der Waals surface area contributed by atoms with Crippen molar-refractivity contribution in [2.24, 2.45) is 0 Å². The Hall–Kier alpha value is -1.02. The highest BCUT2D eigenvalue weighted by Gasteiger charge is 2.07. The van der Waals surface area contributed by atoms with Crippen LogP contribution in [-0.2, 0) is 12.8 Å². The molecule has 2 N–H and O–H groups in total. The Labute approximate surface area is 91.3 Å². The molecule has 1 heterocycles. The van der Waals surface area contributed by atoms with Gasteiger partial charge >= 0.3 is 0 Å². The molecule has 0 saturated carbocycles. The molecule has 0 aliphatic carbocycles. The van der Waals surface area contributed by atoms with Crippen LogP contribution < -0.4 is 5.32 Å². The van der Waals surface area contributed by atoms with Crippen molar-refractivity contribution in [3.05, 3.63) is 29.3 Å². The lowest BCUT2D eigenvalue weighted by molar-refractivity contribution is 0.288. The summed E-state index contributed by atoms with van der Waals surface area (Å²) < 4.78 is 0. The van der Waals surface area contributed by atoms with Crippen molar-refractivity contribution in [3.8, 4) is 0 Å². The lowest BCUT2D eigenvalue weighted by Crippen LogP contribution is -2.00. The third-order valence-electron chi connectivity index (χ3n) is 2.99. The number of aryl methyl sites for hydroxylation is 2. The Morgan fingerprint density at radius 2 is 2.20 bits per heavy atom. The first-order chi connectivity index (χ1) is 7.40. The molecule has 15 heavy (non-hydrogen) atoms. The van der Waals surface area contributed by atoms with E-state index in [4.69, 9.17) is 5.11 Å². The van der Waals surface area contributed by atoms with E-state index in [1.165, 1.54) is 36.1 Å². The Morgan fingerprint density at radius 3 is 3.07 bits per heavy atom. The first-order valence-corrected chi connectivity index (χ1v) is 5.86. The predicted molar refractivity (Wildman–Crippen MR) is 63.3 cm³/mol. The molecular formula is C13H19NO. The van der Waals surface area contributed by atoms with Crippen molar-refractivity contribution in [1.29, 1.82) is 0 Å². The molecule has 0 fully saturated rings. The Kier molecular flexibility index (Phi) is 3.62. The lowest BCUT2D eigenvalue weighted by atomic mass is 10.0. The van der Waals surface area contributed by atoms with Gasteiger partial charge in [-0.1, -0.05) is 12.1 Å². The minimum absolute atomic E-state index is 0.282. The molecule has 0 atom stereocenters. The number of anilines is 1. The Morgan fingerprint density at radius 1 is 1.27 bits per heavy atom. The number of hydrogen-bond donors (Lipinski definition) is 2. The van der Waals surface area contributed by atoms with E-state index in [9.17, 15) is 0 Å². The van der Waals surface area contributed by atoms with Gasteiger partial charge in [0.25, 0.3) is 0 Å². The summed E-state index contributed by atoms with van der Waals surface area (Å²) in [7, 11) is 0. The normalized spacial score (nSPS) is 15.3. The summed E-state index contributed by atoms with van der Waals surface area (Å²) in [6.07, 6.45) is 5.59. The zero-order valence-corrected chi connectivity index (χ0v) is 9.13. The van der Waals surface area contributed by atoms with Gasteiger partial charge in [0.2, 0.25) is 0 Å². The highest BCUT2D eigenvalue weighted by atomic mass is 16.2. The van der Waals surface area contributed by atoms with E-state index in [1.807, 2.05) is 0 Å². The monoisotopic (exact) mass is 205 g/mol. The van der Waals surface area contributed by atoms with Gasteiger partial charge in [0.05, 0.1) is 0 Å². The van der Waals surface area contributed by atoms with Crippen LogP contribution in [0, 0.1) is 0 Å². The minimum atomic E-state index is 0.282. The van der Waals surface area contributed by atoms with Crippen LogP contribution in [0.2, 0.25) is 0 Å². The average Bonchev–Trinajstić information content (AvgIpc) is 2.50. The SMILES string of the molecule is OCCCc1ccc2c(c1)NCCCC2. The molecular weight excluding hydrogens is 186 g/mol. The smallest absolute Gasteiger partial charge is 0.0434 e. The largest absolute Gasteiger partial charge is 0.396 e. The number of rotatable bonds is 3. The zero-order chi connectivity index (χ0) is 10.5. The van der Waals surface area contributed by atoms with Crippen molar-refractivity contribution in [2.75, 3.05) is 18.5 Å². The number of fused-ring (bicyclic) bond motifs is 1. The van der Waals surface area contributed by atoms with E-state index >= 15 is 0 Å². The maximum Gasteiger partial charge on any atom is 0.0434 e. The van der Waals surface area contributed by atoms with Gasteiger partial charge in [-0.15, -0.1) is 0 Å². The average molecular weight is 205 g/mol.